The van der Waals surface area contributed by atoms with Crippen LogP contribution in [0.4, 0.5) is 0 Å². The van der Waals surface area contributed by atoms with E-state index < -0.39 is 30.1 Å². The largest absolute Gasteiger partial charge is 0.480 e. The molecule has 1 aromatic carbocycles. The van der Waals surface area contributed by atoms with Gasteiger partial charge in [-0.1, -0.05) is 30.3 Å². The van der Waals surface area contributed by atoms with Gasteiger partial charge in [0.2, 0.25) is 5.91 Å². The molecule has 0 bridgehead atoms. The summed E-state index contributed by atoms with van der Waals surface area (Å²) in [6.45, 7) is 2.12. The number of carboxylic acids is 2. The molecule has 8 heteroatoms. The Bertz CT molecular complexity index is 893. The molecule has 0 saturated heterocycles. The number of nitrogens with one attached hydrogen (secondary N) is 2. The SMILES string of the molecule is C[C@H](NC(CCc1ccccc1)C(=O)O)C(=O)n1ccc2c1C(C(=O)O)NCC2. The number of fused-ring (bicyclic) bond motifs is 1. The quantitative estimate of drug-likeness (QED) is 0.530. The third kappa shape index (κ3) is 4.72. The summed E-state index contributed by atoms with van der Waals surface area (Å²) >= 11 is 0. The lowest BCUT2D eigenvalue weighted by Gasteiger charge is -2.25. The van der Waals surface area contributed by atoms with Gasteiger partial charge in [-0.25, -0.2) is 0 Å². The van der Waals surface area contributed by atoms with E-state index in [1.807, 2.05) is 30.3 Å². The number of carbonyl (C=O) groups is 3. The summed E-state index contributed by atoms with van der Waals surface area (Å²) in [5.74, 6) is -2.46. The highest BCUT2D eigenvalue weighted by atomic mass is 16.4. The number of hydrogen-bond donors (Lipinski definition) is 4. The first kappa shape index (κ1) is 20.8. The molecule has 1 aliphatic rings. The summed E-state index contributed by atoms with van der Waals surface area (Å²) < 4.78 is 1.33. The molecule has 2 heterocycles. The summed E-state index contributed by atoms with van der Waals surface area (Å²) in [6.07, 6.45) is 3.10. The molecule has 2 aromatic rings. The smallest absolute Gasteiger partial charge is 0.326 e. The van der Waals surface area contributed by atoms with Crippen LogP contribution in [0.15, 0.2) is 42.6 Å². The molecule has 0 fully saturated rings. The van der Waals surface area contributed by atoms with Crippen molar-refractivity contribution in [2.45, 2.75) is 44.3 Å². The van der Waals surface area contributed by atoms with Crippen molar-refractivity contribution in [3.05, 3.63) is 59.4 Å². The van der Waals surface area contributed by atoms with Crippen LogP contribution in [-0.2, 0) is 22.4 Å². The molecule has 154 valence electrons. The van der Waals surface area contributed by atoms with Crippen LogP contribution in [0.1, 0.15) is 41.0 Å². The Balaban J connectivity index is 1.71. The van der Waals surface area contributed by atoms with Gasteiger partial charge in [0.1, 0.15) is 12.1 Å². The minimum Gasteiger partial charge on any atom is -0.480 e. The molecule has 4 N–H and O–H groups in total. The zero-order chi connectivity index (χ0) is 21.0. The average molecular weight is 399 g/mol. The lowest BCUT2D eigenvalue weighted by atomic mass is 10.0. The normalized spacial score (nSPS) is 17.9. The third-order valence-electron chi connectivity index (χ3n) is 5.20. The fourth-order valence-electron chi connectivity index (χ4n) is 3.68. The maximum Gasteiger partial charge on any atom is 0.326 e. The fraction of sp³-hybridized carbons (Fsp3) is 0.381. The number of rotatable bonds is 8. The number of hydrogen-bond acceptors (Lipinski definition) is 5. The molecule has 0 radical (unpaired) electrons. The number of aliphatic carboxylic acids is 2. The number of aromatic nitrogens is 1. The first-order valence-corrected chi connectivity index (χ1v) is 9.61. The van der Waals surface area contributed by atoms with Crippen LogP contribution in [0, 0.1) is 0 Å². The molecule has 8 nitrogen and oxygen atoms in total. The van der Waals surface area contributed by atoms with E-state index in [1.165, 1.54) is 4.57 Å². The molecular weight excluding hydrogens is 374 g/mol. The van der Waals surface area contributed by atoms with Crippen molar-refractivity contribution >= 4 is 17.8 Å². The van der Waals surface area contributed by atoms with E-state index in [1.54, 1.807) is 19.2 Å². The summed E-state index contributed by atoms with van der Waals surface area (Å²) in [7, 11) is 0. The summed E-state index contributed by atoms with van der Waals surface area (Å²) in [6, 6.07) is 8.65. The minimum atomic E-state index is -1.05. The van der Waals surface area contributed by atoms with Crippen LogP contribution in [-0.4, -0.2) is 51.3 Å². The zero-order valence-corrected chi connectivity index (χ0v) is 16.2. The number of benzene rings is 1. The van der Waals surface area contributed by atoms with Crippen LogP contribution >= 0.6 is 0 Å². The molecule has 3 atom stereocenters. The highest BCUT2D eigenvalue weighted by Gasteiger charge is 2.32. The zero-order valence-electron chi connectivity index (χ0n) is 16.2. The molecule has 0 saturated carbocycles. The topological polar surface area (TPSA) is 121 Å². The van der Waals surface area contributed by atoms with Crippen LogP contribution in [0.5, 0.6) is 0 Å². The molecule has 1 aliphatic heterocycles. The van der Waals surface area contributed by atoms with Gasteiger partial charge in [-0.3, -0.25) is 29.6 Å². The van der Waals surface area contributed by atoms with Crippen LogP contribution < -0.4 is 10.6 Å². The molecule has 1 aromatic heterocycles. The van der Waals surface area contributed by atoms with Gasteiger partial charge in [-0.2, -0.15) is 0 Å². The fourth-order valence-corrected chi connectivity index (χ4v) is 3.68. The number of carboxylic acid groups (broad SMARTS) is 2. The molecule has 29 heavy (non-hydrogen) atoms. The Hall–Kier alpha value is -2.97. The summed E-state index contributed by atoms with van der Waals surface area (Å²) in [4.78, 5) is 36.2. The van der Waals surface area contributed by atoms with Crippen molar-refractivity contribution in [3.63, 3.8) is 0 Å². The van der Waals surface area contributed by atoms with E-state index in [9.17, 15) is 24.6 Å². The van der Waals surface area contributed by atoms with E-state index in [2.05, 4.69) is 10.6 Å². The Kier molecular flexibility index (Phi) is 6.46. The van der Waals surface area contributed by atoms with E-state index in [0.29, 0.717) is 31.5 Å². The van der Waals surface area contributed by atoms with E-state index >= 15 is 0 Å². The summed E-state index contributed by atoms with van der Waals surface area (Å²) in [5.41, 5.74) is 2.25. The minimum absolute atomic E-state index is 0.333. The van der Waals surface area contributed by atoms with Crippen LogP contribution in [0.3, 0.4) is 0 Å². The lowest BCUT2D eigenvalue weighted by Crippen LogP contribution is -2.48. The van der Waals surface area contributed by atoms with Crippen molar-refractivity contribution in [1.29, 1.82) is 0 Å². The number of aryl methyl sites for hydroxylation is 1. The van der Waals surface area contributed by atoms with E-state index in [-0.39, 0.29) is 5.91 Å². The van der Waals surface area contributed by atoms with Crippen LogP contribution in [0.2, 0.25) is 0 Å². The Morgan fingerprint density at radius 3 is 2.59 bits per heavy atom. The predicted octanol–water partition coefficient (Wildman–Crippen LogP) is 1.46. The van der Waals surface area contributed by atoms with Gasteiger partial charge in [0.05, 0.1) is 11.7 Å². The average Bonchev–Trinajstić information content (AvgIpc) is 3.14. The number of carbonyl (C=O) groups excluding carboxylic acids is 1. The van der Waals surface area contributed by atoms with Crippen molar-refractivity contribution < 1.29 is 24.6 Å². The first-order chi connectivity index (χ1) is 13.9. The summed E-state index contributed by atoms with van der Waals surface area (Å²) in [5, 5.41) is 24.8. The van der Waals surface area contributed by atoms with Gasteiger partial charge in [0.25, 0.3) is 0 Å². The second-order valence-electron chi connectivity index (χ2n) is 7.21. The second kappa shape index (κ2) is 9.02. The Morgan fingerprint density at radius 2 is 1.93 bits per heavy atom. The van der Waals surface area contributed by atoms with Crippen LogP contribution in [0.25, 0.3) is 0 Å². The molecule has 0 spiro atoms. The van der Waals surface area contributed by atoms with Gasteiger partial charge in [0, 0.05) is 12.7 Å². The van der Waals surface area contributed by atoms with Crippen molar-refractivity contribution in [1.82, 2.24) is 15.2 Å². The predicted molar refractivity (Wildman–Crippen MR) is 106 cm³/mol. The van der Waals surface area contributed by atoms with Gasteiger partial charge in [0.15, 0.2) is 0 Å². The van der Waals surface area contributed by atoms with Crippen molar-refractivity contribution in [2.75, 3.05) is 6.54 Å². The van der Waals surface area contributed by atoms with Crippen molar-refractivity contribution in [2.24, 2.45) is 0 Å². The first-order valence-electron chi connectivity index (χ1n) is 9.61. The molecule has 2 unspecified atom stereocenters. The highest BCUT2D eigenvalue weighted by Crippen LogP contribution is 2.25. The monoisotopic (exact) mass is 399 g/mol. The Morgan fingerprint density at radius 1 is 1.21 bits per heavy atom. The van der Waals surface area contributed by atoms with E-state index in [4.69, 9.17) is 0 Å². The third-order valence-corrected chi connectivity index (χ3v) is 5.20. The second-order valence-corrected chi connectivity index (χ2v) is 7.21. The maximum atomic E-state index is 13.0. The molecule has 0 aliphatic carbocycles. The molecule has 0 amide bonds. The van der Waals surface area contributed by atoms with Gasteiger partial charge in [-0.15, -0.1) is 0 Å². The lowest BCUT2D eigenvalue weighted by molar-refractivity contribution is -0.140. The molecular formula is C21H25N3O5. The highest BCUT2D eigenvalue weighted by molar-refractivity contribution is 5.88. The standard InChI is InChI=1S/C21H25N3O5/c1-13(23-16(20(26)27)8-7-14-5-3-2-4-6-14)19(25)24-12-10-15-9-11-22-17(18(15)24)21(28)29/h2-6,10,12-13,16-17,22-23H,7-9,11H2,1H3,(H,26,27)(H,28,29)/t13-,16?,17?/m0/s1. The van der Waals surface area contributed by atoms with E-state index in [0.717, 1.165) is 11.1 Å². The van der Waals surface area contributed by atoms with Gasteiger partial charge in [-0.05, 0) is 43.4 Å². The Labute approximate surface area is 168 Å². The maximum absolute atomic E-state index is 13.0. The molecule has 3 rings (SSSR count). The number of nitrogens with zero attached hydrogens (tertiary/aromatic N) is 1. The van der Waals surface area contributed by atoms with Gasteiger partial charge < -0.3 is 10.2 Å². The van der Waals surface area contributed by atoms with Gasteiger partial charge >= 0.3 is 11.9 Å². The van der Waals surface area contributed by atoms with Crippen molar-refractivity contribution in [3.8, 4) is 0 Å².